The molecule has 0 spiro atoms. The molecule has 17 heteroatoms. The topological polar surface area (TPSA) is 209 Å². The number of aromatic nitrogens is 2. The van der Waals surface area contributed by atoms with Crippen molar-refractivity contribution in [2.24, 2.45) is 4.99 Å². The number of alkyl carbamates (subject to hydrolysis) is 2. The summed E-state index contributed by atoms with van der Waals surface area (Å²) < 4.78 is 42.0. The predicted molar refractivity (Wildman–Crippen MR) is 177 cm³/mol. The van der Waals surface area contributed by atoms with Gasteiger partial charge in [0, 0.05) is 6.54 Å². The van der Waals surface area contributed by atoms with Gasteiger partial charge in [-0.15, -0.1) is 0 Å². The van der Waals surface area contributed by atoms with Crippen LogP contribution in [0.15, 0.2) is 17.3 Å². The molecule has 2 aromatic rings. The first-order valence-corrected chi connectivity index (χ1v) is 16.0. The van der Waals surface area contributed by atoms with Crippen molar-refractivity contribution in [3.8, 4) is 11.5 Å². The minimum Gasteiger partial charge on any atom is -0.496 e. The van der Waals surface area contributed by atoms with Crippen molar-refractivity contribution in [1.29, 1.82) is 0 Å². The minimum absolute atomic E-state index is 0.0135. The van der Waals surface area contributed by atoms with Crippen molar-refractivity contribution in [3.05, 3.63) is 40.5 Å². The molecule has 0 bridgehead atoms. The third-order valence-corrected chi connectivity index (χ3v) is 6.98. The van der Waals surface area contributed by atoms with Gasteiger partial charge in [-0.05, 0) is 97.9 Å². The molecule has 2 unspecified atom stereocenters. The molecule has 266 valence electrons. The number of nitrogens with one attached hydrogen (secondary N) is 4. The number of hydrogen-bond donors (Lipinski definition) is 4. The summed E-state index contributed by atoms with van der Waals surface area (Å²) in [6.45, 7) is 15.5. The van der Waals surface area contributed by atoms with Crippen molar-refractivity contribution in [3.63, 3.8) is 0 Å². The summed E-state index contributed by atoms with van der Waals surface area (Å²) in [6.07, 6.45) is -0.339. The quantitative estimate of drug-likeness (QED) is 0.0620. The van der Waals surface area contributed by atoms with Crippen molar-refractivity contribution in [2.75, 3.05) is 20.8 Å². The van der Waals surface area contributed by atoms with Gasteiger partial charge in [-0.1, -0.05) is 0 Å². The number of methoxy groups -OCH3 is 2. The van der Waals surface area contributed by atoms with Crippen LogP contribution in [0.1, 0.15) is 92.2 Å². The Balaban J connectivity index is 2.26. The highest BCUT2D eigenvalue weighted by molar-refractivity contribution is 7.79. The number of carbonyl (C=O) groups excluding carboxylic acids is 4. The smallest absolute Gasteiger partial charge is 0.414 e. The number of aliphatic imine (C=N–C) groups is 1. The number of Topliss-reactive ketones (excluding diaryl/α,β-unsaturated/α-hetero) is 1. The molecule has 1 aromatic carbocycles. The number of ether oxygens (including phenoxy) is 4. The number of rotatable bonds is 12. The first kappa shape index (κ1) is 39.5. The third kappa shape index (κ3) is 12.5. The maximum Gasteiger partial charge on any atom is 0.414 e. The van der Waals surface area contributed by atoms with E-state index in [2.05, 4.69) is 35.1 Å². The maximum absolute atomic E-state index is 13.3. The van der Waals surface area contributed by atoms with Crippen LogP contribution < -0.4 is 24.3 Å². The van der Waals surface area contributed by atoms with Gasteiger partial charge in [-0.2, -0.15) is 4.21 Å². The molecule has 2 atom stereocenters. The molecule has 0 aliphatic rings. The van der Waals surface area contributed by atoms with Crippen LogP contribution in [0.4, 0.5) is 9.59 Å². The Morgan fingerprint density at radius 3 is 2.19 bits per heavy atom. The Kier molecular flexibility index (Phi) is 13.9. The lowest BCUT2D eigenvalue weighted by molar-refractivity contribution is 0.0485. The van der Waals surface area contributed by atoms with Crippen molar-refractivity contribution in [2.45, 2.75) is 92.4 Å². The normalized spacial score (nSPS) is 13.1. The number of ketones is 1. The largest absolute Gasteiger partial charge is 0.496 e. The molecule has 16 nitrogen and oxygen atoms in total. The highest BCUT2D eigenvalue weighted by atomic mass is 32.2. The molecule has 0 radical (unpaired) electrons. The highest BCUT2D eigenvalue weighted by Gasteiger charge is 2.28. The summed E-state index contributed by atoms with van der Waals surface area (Å²) in [4.78, 5) is 61.1. The number of imidazole rings is 1. The van der Waals surface area contributed by atoms with Crippen LogP contribution in [-0.2, 0) is 25.5 Å². The Bertz CT molecular complexity index is 1540. The lowest BCUT2D eigenvalue weighted by Crippen LogP contribution is -2.45. The Hall–Kier alpha value is -4.67. The second kappa shape index (κ2) is 16.9. The zero-order valence-electron chi connectivity index (χ0n) is 29.2. The number of benzene rings is 1. The van der Waals surface area contributed by atoms with Crippen LogP contribution in [0.3, 0.4) is 0 Å². The fourth-order valence-electron chi connectivity index (χ4n) is 4.06. The molecule has 0 saturated carbocycles. The monoisotopic (exact) mass is 694 g/mol. The van der Waals surface area contributed by atoms with Gasteiger partial charge in [0.2, 0.25) is 11.7 Å². The number of H-pyrrole nitrogens is 1. The number of nitrogens with zero attached hydrogens (tertiary/aromatic N) is 2. The number of aromatic amines is 1. The van der Waals surface area contributed by atoms with Gasteiger partial charge < -0.3 is 33.4 Å². The maximum atomic E-state index is 13.3. The van der Waals surface area contributed by atoms with E-state index in [0.717, 1.165) is 11.8 Å². The first-order chi connectivity index (χ1) is 22.2. The predicted octanol–water partition coefficient (Wildman–Crippen LogP) is 4.11. The number of carbonyl (C=O) groups is 4. The van der Waals surface area contributed by atoms with E-state index >= 15 is 0 Å². The Morgan fingerprint density at radius 2 is 1.60 bits per heavy atom. The van der Waals surface area contributed by atoms with Crippen LogP contribution in [0.25, 0.3) is 0 Å². The van der Waals surface area contributed by atoms with Crippen molar-refractivity contribution in [1.82, 2.24) is 25.3 Å². The first-order valence-electron chi connectivity index (χ1n) is 15.0. The van der Waals surface area contributed by atoms with Gasteiger partial charge in [-0.3, -0.25) is 15.1 Å². The molecule has 1 heterocycles. The molecule has 1 aromatic heterocycles. The summed E-state index contributed by atoms with van der Waals surface area (Å²) in [6, 6.07) is 0.619. The number of amides is 2. The molecule has 0 saturated heterocycles. The standard InChI is InChI=1S/C31H46N6O10S/c1-17-15-22(43-10)18(2)19(3)24(17)47-48(42)37-27(36-29(41)46-31(7,8)9)32-14-12-13-20(35-28(40)45-30(4,5)6)23(38)25-33-16-21(34-25)26(39)44-11/h15-16,20H,12-14H2,1-11H3,(H,33,34)(H,35,40)(H2,32,36,37,41). The summed E-state index contributed by atoms with van der Waals surface area (Å²) in [5.74, 6) is -0.739. The van der Waals surface area contributed by atoms with E-state index in [-0.39, 0.29) is 36.9 Å². The molecule has 0 aliphatic heterocycles. The fraction of sp³-hybridized carbons (Fsp3) is 0.548. The SMILES string of the molecule is COC(=O)c1cnc(C(=O)C(CCCN=C(NC(=O)OC(C)(C)C)NS(=O)Oc2c(C)cc(OC)c(C)c2C)NC(=O)OC(C)(C)C)[nH]1. The molecule has 0 fully saturated rings. The van der Waals surface area contributed by atoms with Gasteiger partial charge in [0.25, 0.3) is 0 Å². The Morgan fingerprint density at radius 1 is 0.979 bits per heavy atom. The van der Waals surface area contributed by atoms with E-state index in [1.165, 1.54) is 7.11 Å². The lowest BCUT2D eigenvalue weighted by Gasteiger charge is -2.22. The summed E-state index contributed by atoms with van der Waals surface area (Å²) in [7, 11) is 2.73. The van der Waals surface area contributed by atoms with Gasteiger partial charge in [-0.25, -0.2) is 24.1 Å². The van der Waals surface area contributed by atoms with Gasteiger partial charge in [0.05, 0.1) is 26.5 Å². The van der Waals surface area contributed by atoms with Crippen LogP contribution in [-0.4, -0.2) is 82.1 Å². The van der Waals surface area contributed by atoms with Crippen LogP contribution in [0.2, 0.25) is 0 Å². The second-order valence-corrected chi connectivity index (χ2v) is 13.4. The zero-order valence-corrected chi connectivity index (χ0v) is 30.1. The third-order valence-electron chi connectivity index (χ3n) is 6.30. The Labute approximate surface area is 282 Å². The number of hydrogen-bond acceptors (Lipinski definition) is 12. The van der Waals surface area contributed by atoms with E-state index in [9.17, 15) is 23.4 Å². The average Bonchev–Trinajstić information content (AvgIpc) is 3.46. The second-order valence-electron chi connectivity index (χ2n) is 12.6. The fourth-order valence-corrected chi connectivity index (χ4v) is 4.79. The number of aryl methyl sites for hydroxylation is 1. The average molecular weight is 695 g/mol. The summed E-state index contributed by atoms with van der Waals surface area (Å²) in [5, 5.41) is 4.97. The molecule has 0 aliphatic carbocycles. The van der Waals surface area contributed by atoms with E-state index < -0.39 is 52.4 Å². The minimum atomic E-state index is -2.21. The molecule has 2 rings (SSSR count). The zero-order chi connectivity index (χ0) is 36.4. The summed E-state index contributed by atoms with van der Waals surface area (Å²) >= 11 is -2.21. The molecular weight excluding hydrogens is 648 g/mol. The molecule has 2 amide bonds. The van der Waals surface area contributed by atoms with Crippen LogP contribution in [0, 0.1) is 20.8 Å². The van der Waals surface area contributed by atoms with Crippen LogP contribution in [0.5, 0.6) is 11.5 Å². The van der Waals surface area contributed by atoms with E-state index in [0.29, 0.717) is 22.6 Å². The van der Waals surface area contributed by atoms with Crippen LogP contribution >= 0.6 is 0 Å². The molecular formula is C31H46N6O10S. The van der Waals surface area contributed by atoms with Gasteiger partial charge in [0.1, 0.15) is 28.4 Å². The van der Waals surface area contributed by atoms with E-state index in [1.54, 1.807) is 68.6 Å². The van der Waals surface area contributed by atoms with Gasteiger partial charge in [0.15, 0.2) is 5.82 Å². The number of esters is 1. The molecule has 48 heavy (non-hydrogen) atoms. The van der Waals surface area contributed by atoms with E-state index in [1.807, 2.05) is 6.92 Å². The van der Waals surface area contributed by atoms with E-state index in [4.69, 9.17) is 18.4 Å². The molecule has 4 N–H and O–H groups in total. The lowest BCUT2D eigenvalue weighted by atomic mass is 10.0. The summed E-state index contributed by atoms with van der Waals surface area (Å²) in [5.41, 5.74) is 0.473. The van der Waals surface area contributed by atoms with Crippen molar-refractivity contribution >= 4 is 41.2 Å². The van der Waals surface area contributed by atoms with Gasteiger partial charge >= 0.3 is 29.4 Å². The number of guanidine groups is 1. The van der Waals surface area contributed by atoms with Crippen molar-refractivity contribution < 1.29 is 46.5 Å². The highest BCUT2D eigenvalue weighted by Crippen LogP contribution is 2.33.